The number of anilines is 1. The van der Waals surface area contributed by atoms with Crippen LogP contribution in [0.5, 0.6) is 5.75 Å². The molecule has 5 nitrogen and oxygen atoms in total. The highest BCUT2D eigenvalue weighted by Crippen LogP contribution is 2.25. The van der Waals surface area contributed by atoms with Crippen molar-refractivity contribution in [2.45, 2.75) is 20.1 Å². The lowest BCUT2D eigenvalue weighted by atomic mass is 10.1. The van der Waals surface area contributed by atoms with Crippen molar-refractivity contribution in [2.24, 2.45) is 0 Å². The van der Waals surface area contributed by atoms with Crippen LogP contribution in [0.2, 0.25) is 15.1 Å². The van der Waals surface area contributed by atoms with Gasteiger partial charge < -0.3 is 10.1 Å². The van der Waals surface area contributed by atoms with Crippen LogP contribution in [-0.4, -0.2) is 15.7 Å². The zero-order valence-electron chi connectivity index (χ0n) is 18.0. The maximum atomic E-state index is 12.7. The molecule has 0 saturated carbocycles. The van der Waals surface area contributed by atoms with Crippen molar-refractivity contribution in [3.63, 3.8) is 0 Å². The Kier molecular flexibility index (Phi) is 7.84. The zero-order chi connectivity index (χ0) is 24.2. The molecule has 0 aliphatic rings. The third-order valence-corrected chi connectivity index (χ3v) is 6.64. The summed E-state index contributed by atoms with van der Waals surface area (Å²) in [7, 11) is 0. The second-order valence-corrected chi connectivity index (χ2v) is 9.71. The van der Waals surface area contributed by atoms with Crippen molar-refractivity contribution < 1.29 is 9.53 Å². The lowest BCUT2D eigenvalue weighted by Crippen LogP contribution is -2.13. The zero-order valence-corrected chi connectivity index (χ0v) is 21.8. The van der Waals surface area contributed by atoms with Crippen LogP contribution in [0.1, 0.15) is 27.0 Å². The van der Waals surface area contributed by atoms with Gasteiger partial charge in [-0.1, -0.05) is 53.0 Å². The van der Waals surface area contributed by atoms with Crippen molar-refractivity contribution in [3.8, 4) is 5.75 Å². The van der Waals surface area contributed by atoms with Crippen molar-refractivity contribution in [2.75, 3.05) is 5.32 Å². The summed E-state index contributed by atoms with van der Waals surface area (Å²) in [5.41, 5.74) is 3.27. The molecule has 9 heteroatoms. The monoisotopic (exact) mass is 577 g/mol. The maximum absolute atomic E-state index is 12.7. The van der Waals surface area contributed by atoms with Crippen LogP contribution in [0.15, 0.2) is 71.3 Å². The number of ether oxygens (including phenoxy) is 1. The van der Waals surface area contributed by atoms with E-state index < -0.39 is 0 Å². The number of nitrogens with one attached hydrogen (secondary N) is 1. The van der Waals surface area contributed by atoms with Gasteiger partial charge in [0, 0.05) is 26.8 Å². The van der Waals surface area contributed by atoms with Gasteiger partial charge >= 0.3 is 0 Å². The van der Waals surface area contributed by atoms with Crippen LogP contribution in [0.3, 0.4) is 0 Å². The van der Waals surface area contributed by atoms with E-state index in [1.54, 1.807) is 35.1 Å². The second kappa shape index (κ2) is 10.8. The van der Waals surface area contributed by atoms with Crippen LogP contribution in [0.25, 0.3) is 0 Å². The van der Waals surface area contributed by atoms with Crippen molar-refractivity contribution >= 4 is 62.5 Å². The van der Waals surface area contributed by atoms with Crippen LogP contribution in [-0.2, 0) is 13.2 Å². The van der Waals surface area contributed by atoms with E-state index in [0.717, 1.165) is 22.4 Å². The molecule has 4 rings (SSSR count). The van der Waals surface area contributed by atoms with Gasteiger partial charge in [-0.25, -0.2) is 0 Å². The Balaban J connectivity index is 1.37. The molecule has 0 bridgehead atoms. The fourth-order valence-electron chi connectivity index (χ4n) is 3.19. The van der Waals surface area contributed by atoms with Gasteiger partial charge in [0.1, 0.15) is 12.4 Å². The van der Waals surface area contributed by atoms with Gasteiger partial charge in [-0.2, -0.15) is 5.10 Å². The van der Waals surface area contributed by atoms with Crippen LogP contribution < -0.4 is 10.1 Å². The fraction of sp³-hybridized carbons (Fsp3) is 0.120. The molecule has 34 heavy (non-hydrogen) atoms. The molecule has 0 spiro atoms. The van der Waals surface area contributed by atoms with E-state index >= 15 is 0 Å². The van der Waals surface area contributed by atoms with Crippen molar-refractivity contribution in [1.29, 1.82) is 0 Å². The number of nitrogens with zero attached hydrogens (tertiary/aromatic N) is 2. The topological polar surface area (TPSA) is 56.1 Å². The van der Waals surface area contributed by atoms with Crippen LogP contribution in [0.4, 0.5) is 5.82 Å². The minimum absolute atomic E-state index is 0.267. The molecule has 0 aliphatic heterocycles. The molecule has 0 atom stereocenters. The van der Waals surface area contributed by atoms with E-state index in [-0.39, 0.29) is 5.91 Å². The highest BCUT2D eigenvalue weighted by molar-refractivity contribution is 9.10. The lowest BCUT2D eigenvalue weighted by molar-refractivity contribution is 0.102. The molecular formula is C25H19BrCl3N3O2. The molecule has 4 aromatic rings. The Morgan fingerprint density at radius 3 is 2.50 bits per heavy atom. The number of rotatable bonds is 7. The van der Waals surface area contributed by atoms with E-state index in [9.17, 15) is 4.79 Å². The Bertz CT molecular complexity index is 1340. The van der Waals surface area contributed by atoms with Crippen LogP contribution in [0, 0.1) is 6.92 Å². The van der Waals surface area contributed by atoms with Gasteiger partial charge in [0.25, 0.3) is 5.91 Å². The largest absolute Gasteiger partial charge is 0.489 e. The average Bonchev–Trinajstić information content (AvgIpc) is 3.15. The Labute approximate surface area is 220 Å². The molecule has 1 N–H and O–H groups in total. The number of aryl methyl sites for hydroxylation is 1. The molecule has 0 fully saturated rings. The molecule has 174 valence electrons. The molecule has 1 heterocycles. The first kappa shape index (κ1) is 24.6. The predicted molar refractivity (Wildman–Crippen MR) is 140 cm³/mol. The van der Waals surface area contributed by atoms with Gasteiger partial charge in [-0.3, -0.25) is 9.48 Å². The summed E-state index contributed by atoms with van der Waals surface area (Å²) in [5, 5.41) is 9.10. The minimum atomic E-state index is -0.267. The molecular weight excluding hydrogens is 561 g/mol. The van der Waals surface area contributed by atoms with E-state index in [2.05, 4.69) is 26.3 Å². The highest BCUT2D eigenvalue weighted by Gasteiger charge is 2.13. The predicted octanol–water partition coefficient (Wildman–Crippen LogP) is 7.79. The summed E-state index contributed by atoms with van der Waals surface area (Å²) in [5.74, 6) is 0.890. The number of aromatic nitrogens is 2. The molecule has 0 radical (unpaired) electrons. The Morgan fingerprint density at radius 1 is 1.03 bits per heavy atom. The number of hydrogen-bond donors (Lipinski definition) is 1. The van der Waals surface area contributed by atoms with E-state index in [1.165, 1.54) is 0 Å². The third kappa shape index (κ3) is 6.13. The van der Waals surface area contributed by atoms with E-state index in [0.29, 0.717) is 44.1 Å². The summed E-state index contributed by atoms with van der Waals surface area (Å²) in [6.07, 6.45) is 1.78. The quantitative estimate of drug-likeness (QED) is 0.243. The SMILES string of the molecule is Cc1cc(OCc2ccc(C(=O)Nc3nn(Cc4ccc(Cl)cc4Cl)cc3Br)cc2)ccc1Cl. The normalized spacial score (nSPS) is 10.9. The molecule has 3 aromatic carbocycles. The highest BCUT2D eigenvalue weighted by atomic mass is 79.9. The first-order chi connectivity index (χ1) is 16.3. The summed E-state index contributed by atoms with van der Waals surface area (Å²) < 4.78 is 8.16. The van der Waals surface area contributed by atoms with Gasteiger partial charge in [-0.05, 0) is 82.0 Å². The van der Waals surface area contributed by atoms with Crippen LogP contribution >= 0.6 is 50.7 Å². The molecule has 1 amide bonds. The number of halogens is 4. The first-order valence-electron chi connectivity index (χ1n) is 10.2. The summed E-state index contributed by atoms with van der Waals surface area (Å²) in [6, 6.07) is 18.0. The number of carbonyl (C=O) groups is 1. The Hall–Kier alpha value is -2.51. The van der Waals surface area contributed by atoms with Crippen molar-refractivity contribution in [1.82, 2.24) is 9.78 Å². The first-order valence-corrected chi connectivity index (χ1v) is 12.2. The van der Waals surface area contributed by atoms with E-state index in [1.807, 2.05) is 43.3 Å². The van der Waals surface area contributed by atoms with Gasteiger partial charge in [-0.15, -0.1) is 0 Å². The lowest BCUT2D eigenvalue weighted by Gasteiger charge is -2.09. The third-order valence-electron chi connectivity index (χ3n) is 5.05. The smallest absolute Gasteiger partial charge is 0.256 e. The molecule has 0 unspecified atom stereocenters. The molecule has 1 aromatic heterocycles. The second-order valence-electron chi connectivity index (χ2n) is 7.61. The number of carbonyl (C=O) groups excluding carboxylic acids is 1. The van der Waals surface area contributed by atoms with Gasteiger partial charge in [0.15, 0.2) is 5.82 Å². The average molecular weight is 580 g/mol. The summed E-state index contributed by atoms with van der Waals surface area (Å²) in [4.78, 5) is 12.7. The Morgan fingerprint density at radius 2 is 1.79 bits per heavy atom. The summed E-state index contributed by atoms with van der Waals surface area (Å²) >= 11 is 21.7. The fourth-order valence-corrected chi connectivity index (χ4v) is 4.19. The van der Waals surface area contributed by atoms with Gasteiger partial charge in [0.05, 0.1) is 11.0 Å². The standard InChI is InChI=1S/C25H19BrCl3N3O2/c1-15-10-20(8-9-22(15)28)34-14-16-2-4-17(5-3-16)25(33)30-24-21(26)13-32(31-24)12-18-6-7-19(27)11-23(18)29/h2-11,13H,12,14H2,1H3,(H,30,31,33). The van der Waals surface area contributed by atoms with Gasteiger partial charge in [0.2, 0.25) is 0 Å². The number of benzene rings is 3. The maximum Gasteiger partial charge on any atom is 0.256 e. The summed E-state index contributed by atoms with van der Waals surface area (Å²) in [6.45, 7) is 2.75. The minimum Gasteiger partial charge on any atom is -0.489 e. The molecule has 0 aliphatic carbocycles. The number of amides is 1. The van der Waals surface area contributed by atoms with E-state index in [4.69, 9.17) is 39.5 Å². The molecule has 0 saturated heterocycles. The number of hydrogen-bond acceptors (Lipinski definition) is 3. The van der Waals surface area contributed by atoms with Crippen molar-refractivity contribution in [3.05, 3.63) is 109 Å².